The zero-order valence-electron chi connectivity index (χ0n) is 12.2. The minimum absolute atomic E-state index is 0.187. The third-order valence-electron chi connectivity index (χ3n) is 2.27. The van der Waals surface area contributed by atoms with Crippen LogP contribution in [0.3, 0.4) is 0 Å². The molecule has 0 unspecified atom stereocenters. The maximum absolute atomic E-state index is 13.8. The van der Waals surface area contributed by atoms with Crippen molar-refractivity contribution in [2.45, 2.75) is 26.4 Å². The van der Waals surface area contributed by atoms with Crippen molar-refractivity contribution in [1.29, 1.82) is 0 Å². The van der Waals surface area contributed by atoms with Crippen LogP contribution in [0.25, 0.3) is 6.08 Å². The van der Waals surface area contributed by atoms with Gasteiger partial charge in [-0.1, -0.05) is 24.3 Å². The van der Waals surface area contributed by atoms with Crippen LogP contribution in [0.4, 0.5) is 9.18 Å². The van der Waals surface area contributed by atoms with Gasteiger partial charge >= 0.3 is 6.09 Å². The van der Waals surface area contributed by atoms with Gasteiger partial charge in [0.25, 0.3) is 0 Å². The molecule has 5 heteroatoms. The molecule has 0 spiro atoms. The molecule has 0 bridgehead atoms. The van der Waals surface area contributed by atoms with E-state index in [0.29, 0.717) is 5.56 Å². The quantitative estimate of drug-likeness (QED) is 0.920. The summed E-state index contributed by atoms with van der Waals surface area (Å²) in [6.07, 6.45) is 2.71. The van der Waals surface area contributed by atoms with Gasteiger partial charge in [0.2, 0.25) is 0 Å². The average Bonchev–Trinajstić information content (AvgIpc) is 2.34. The Kier molecular flexibility index (Phi) is 5.55. The van der Waals surface area contributed by atoms with E-state index >= 15 is 0 Å². The smallest absolute Gasteiger partial charge is 0.407 e. The molecule has 0 heterocycles. The van der Waals surface area contributed by atoms with Crippen LogP contribution in [0.1, 0.15) is 26.3 Å². The molecule has 0 atom stereocenters. The fourth-order valence-electron chi connectivity index (χ4n) is 1.46. The zero-order chi connectivity index (χ0) is 15.2. The van der Waals surface area contributed by atoms with Gasteiger partial charge in [0.05, 0.1) is 7.11 Å². The van der Waals surface area contributed by atoms with E-state index in [-0.39, 0.29) is 12.3 Å². The van der Waals surface area contributed by atoms with Crippen LogP contribution < -0.4 is 10.1 Å². The number of hydrogen-bond acceptors (Lipinski definition) is 3. The molecule has 0 saturated carbocycles. The van der Waals surface area contributed by atoms with E-state index in [1.807, 2.05) is 0 Å². The fraction of sp³-hybridized carbons (Fsp3) is 0.400. The average molecular weight is 281 g/mol. The fourth-order valence-corrected chi connectivity index (χ4v) is 1.46. The molecular weight excluding hydrogens is 261 g/mol. The van der Waals surface area contributed by atoms with Gasteiger partial charge in [0.15, 0.2) is 11.6 Å². The van der Waals surface area contributed by atoms with Crippen LogP contribution in [0, 0.1) is 5.82 Å². The molecule has 110 valence electrons. The van der Waals surface area contributed by atoms with E-state index in [4.69, 9.17) is 9.47 Å². The van der Waals surface area contributed by atoms with Crippen LogP contribution in [-0.4, -0.2) is 25.3 Å². The summed E-state index contributed by atoms with van der Waals surface area (Å²) in [6, 6.07) is 4.87. The van der Waals surface area contributed by atoms with Crippen LogP contribution in [0.5, 0.6) is 5.75 Å². The number of nitrogens with one attached hydrogen (secondary N) is 1. The Morgan fingerprint density at radius 2 is 2.10 bits per heavy atom. The molecule has 0 aliphatic carbocycles. The summed E-state index contributed by atoms with van der Waals surface area (Å²) < 4.78 is 23.8. The monoisotopic (exact) mass is 281 g/mol. The highest BCUT2D eigenvalue weighted by atomic mass is 19.1. The van der Waals surface area contributed by atoms with Gasteiger partial charge in [-0.2, -0.15) is 0 Å². The van der Waals surface area contributed by atoms with E-state index in [1.165, 1.54) is 7.11 Å². The van der Waals surface area contributed by atoms with E-state index < -0.39 is 17.5 Å². The number of halogens is 1. The largest absolute Gasteiger partial charge is 0.494 e. The molecule has 0 radical (unpaired) electrons. The Labute approximate surface area is 118 Å². The Bertz CT molecular complexity index is 492. The van der Waals surface area contributed by atoms with Crippen LogP contribution >= 0.6 is 0 Å². The van der Waals surface area contributed by atoms with Crippen molar-refractivity contribution >= 4 is 12.2 Å². The summed E-state index contributed by atoms with van der Waals surface area (Å²) in [5.41, 5.74) is -0.137. The Hall–Kier alpha value is -2.04. The standard InChI is InChI=1S/C15H20FNO3/c1-15(2,3)20-14(18)17-10-6-8-11-7-5-9-12(19-4)13(11)16/h5-9H,10H2,1-4H3,(H,17,18). The van der Waals surface area contributed by atoms with Crippen LogP contribution in [-0.2, 0) is 4.74 Å². The van der Waals surface area contributed by atoms with Crippen molar-refractivity contribution < 1.29 is 18.7 Å². The Morgan fingerprint density at radius 3 is 2.70 bits per heavy atom. The van der Waals surface area contributed by atoms with E-state index in [0.717, 1.165) is 0 Å². The highest BCUT2D eigenvalue weighted by Gasteiger charge is 2.15. The lowest BCUT2D eigenvalue weighted by Crippen LogP contribution is -2.32. The number of alkyl carbamates (subject to hydrolysis) is 1. The number of rotatable bonds is 4. The number of benzene rings is 1. The molecule has 0 aliphatic rings. The van der Waals surface area contributed by atoms with Gasteiger partial charge in [-0.15, -0.1) is 0 Å². The van der Waals surface area contributed by atoms with Crippen LogP contribution in [0.15, 0.2) is 24.3 Å². The molecule has 0 aliphatic heterocycles. The summed E-state index contributed by atoms with van der Waals surface area (Å²) in [7, 11) is 1.41. The van der Waals surface area contributed by atoms with Crippen molar-refractivity contribution in [3.8, 4) is 5.75 Å². The van der Waals surface area contributed by atoms with Gasteiger partial charge < -0.3 is 14.8 Å². The first kappa shape index (κ1) is 16.0. The Morgan fingerprint density at radius 1 is 1.40 bits per heavy atom. The van der Waals surface area contributed by atoms with E-state index in [1.54, 1.807) is 51.1 Å². The molecule has 1 aromatic rings. The predicted molar refractivity (Wildman–Crippen MR) is 76.2 cm³/mol. The highest BCUT2D eigenvalue weighted by molar-refractivity contribution is 5.68. The van der Waals surface area contributed by atoms with Crippen molar-refractivity contribution in [3.05, 3.63) is 35.7 Å². The summed E-state index contributed by atoms with van der Waals surface area (Å²) in [4.78, 5) is 11.4. The number of amides is 1. The molecule has 1 rings (SSSR count). The molecule has 0 fully saturated rings. The van der Waals surface area contributed by atoms with Gasteiger partial charge in [-0.3, -0.25) is 0 Å². The number of methoxy groups -OCH3 is 1. The number of carbonyl (C=O) groups excluding carboxylic acids is 1. The number of carbonyl (C=O) groups is 1. The molecule has 0 saturated heterocycles. The van der Waals surface area contributed by atoms with Crippen LogP contribution in [0.2, 0.25) is 0 Å². The molecule has 0 aromatic heterocycles. The predicted octanol–water partition coefficient (Wildman–Crippen LogP) is 3.37. The third-order valence-corrected chi connectivity index (χ3v) is 2.27. The van der Waals surface area contributed by atoms with Crippen molar-refractivity contribution in [2.24, 2.45) is 0 Å². The Balaban J connectivity index is 2.52. The summed E-state index contributed by atoms with van der Waals surface area (Å²) >= 11 is 0. The van der Waals surface area contributed by atoms with Crippen molar-refractivity contribution in [2.75, 3.05) is 13.7 Å². The van der Waals surface area contributed by atoms with Gasteiger partial charge in [-0.25, -0.2) is 9.18 Å². The molecule has 1 amide bonds. The lowest BCUT2D eigenvalue weighted by Gasteiger charge is -2.19. The molecule has 20 heavy (non-hydrogen) atoms. The number of hydrogen-bond donors (Lipinski definition) is 1. The topological polar surface area (TPSA) is 47.6 Å². The highest BCUT2D eigenvalue weighted by Crippen LogP contribution is 2.20. The first-order chi connectivity index (χ1) is 9.33. The summed E-state index contributed by atoms with van der Waals surface area (Å²) in [5, 5.41) is 2.56. The second kappa shape index (κ2) is 6.93. The molecule has 1 N–H and O–H groups in total. The minimum Gasteiger partial charge on any atom is -0.494 e. The van der Waals surface area contributed by atoms with Crippen molar-refractivity contribution in [1.82, 2.24) is 5.32 Å². The normalized spacial score (nSPS) is 11.4. The third kappa shape index (κ3) is 5.30. The SMILES string of the molecule is COc1cccc(C=CCNC(=O)OC(C)(C)C)c1F. The van der Waals surface area contributed by atoms with E-state index in [2.05, 4.69) is 5.32 Å². The summed E-state index contributed by atoms with van der Waals surface area (Å²) in [5.74, 6) is -0.240. The first-order valence-corrected chi connectivity index (χ1v) is 6.29. The number of ether oxygens (including phenoxy) is 2. The molecule has 4 nitrogen and oxygen atoms in total. The summed E-state index contributed by atoms with van der Waals surface area (Å²) in [6.45, 7) is 5.61. The second-order valence-electron chi connectivity index (χ2n) is 5.15. The lowest BCUT2D eigenvalue weighted by atomic mass is 10.2. The van der Waals surface area contributed by atoms with Crippen molar-refractivity contribution in [3.63, 3.8) is 0 Å². The van der Waals surface area contributed by atoms with Gasteiger partial charge in [-0.05, 0) is 26.8 Å². The minimum atomic E-state index is -0.535. The lowest BCUT2D eigenvalue weighted by molar-refractivity contribution is 0.0534. The van der Waals surface area contributed by atoms with Gasteiger partial charge in [0, 0.05) is 12.1 Å². The zero-order valence-corrected chi connectivity index (χ0v) is 12.2. The second-order valence-corrected chi connectivity index (χ2v) is 5.15. The maximum Gasteiger partial charge on any atom is 0.407 e. The maximum atomic E-state index is 13.8. The van der Waals surface area contributed by atoms with E-state index in [9.17, 15) is 9.18 Å². The first-order valence-electron chi connectivity index (χ1n) is 6.29. The molecule has 1 aromatic carbocycles. The molecular formula is C15H20FNO3. The van der Waals surface area contributed by atoms with Gasteiger partial charge in [0.1, 0.15) is 5.60 Å².